The molecule has 0 aliphatic heterocycles. The Morgan fingerprint density at radius 3 is 2.53 bits per heavy atom. The number of ether oxygens (including phenoxy) is 1. The van der Waals surface area contributed by atoms with Crippen molar-refractivity contribution in [2.24, 2.45) is 0 Å². The van der Waals surface area contributed by atoms with Crippen molar-refractivity contribution in [2.75, 3.05) is 6.61 Å². The number of carbonyl (C=O) groups excluding carboxylic acids is 1. The zero-order valence-corrected chi connectivity index (χ0v) is 19.5. The van der Waals surface area contributed by atoms with Crippen LogP contribution in [0.25, 0.3) is 11.3 Å². The molecule has 0 unspecified atom stereocenters. The summed E-state index contributed by atoms with van der Waals surface area (Å²) in [5.41, 5.74) is 1.42. The molecule has 0 fully saturated rings. The predicted molar refractivity (Wildman–Crippen MR) is 127 cm³/mol. The Hall–Kier alpha value is -3.61. The largest absolute Gasteiger partial charge is 0.493 e. The van der Waals surface area contributed by atoms with Crippen molar-refractivity contribution in [3.8, 4) is 17.1 Å². The van der Waals surface area contributed by atoms with Gasteiger partial charge in [-0.2, -0.15) is 0 Å². The maximum atomic E-state index is 14.7. The minimum absolute atomic E-state index is 0.121. The lowest BCUT2D eigenvalue weighted by Gasteiger charge is -2.28. The van der Waals surface area contributed by atoms with Crippen molar-refractivity contribution >= 4 is 11.9 Å². The van der Waals surface area contributed by atoms with Crippen LogP contribution in [0.2, 0.25) is 0 Å². The second-order valence-electron chi connectivity index (χ2n) is 8.36. The van der Waals surface area contributed by atoms with Gasteiger partial charge in [0.1, 0.15) is 17.3 Å². The highest BCUT2D eigenvalue weighted by molar-refractivity contribution is 5.95. The third-order valence-electron chi connectivity index (χ3n) is 5.49. The van der Waals surface area contributed by atoms with Crippen LogP contribution in [-0.4, -0.2) is 34.5 Å². The van der Waals surface area contributed by atoms with E-state index in [-0.39, 0.29) is 23.9 Å². The maximum Gasteiger partial charge on any atom is 0.303 e. The van der Waals surface area contributed by atoms with Crippen LogP contribution < -0.4 is 4.74 Å². The zero-order valence-electron chi connectivity index (χ0n) is 19.5. The van der Waals surface area contributed by atoms with Crippen LogP contribution in [0.3, 0.4) is 0 Å². The Balaban J connectivity index is 1.69. The maximum absolute atomic E-state index is 14.7. The number of hydrogen-bond acceptors (Lipinski definition) is 4. The summed E-state index contributed by atoms with van der Waals surface area (Å²) < 4.78 is 25.9. The van der Waals surface area contributed by atoms with Crippen LogP contribution in [0.4, 0.5) is 4.39 Å². The van der Waals surface area contributed by atoms with Gasteiger partial charge < -0.3 is 19.2 Å². The highest BCUT2D eigenvalue weighted by atomic mass is 19.1. The summed E-state index contributed by atoms with van der Waals surface area (Å²) in [5.74, 6) is -0.496. The Labute approximate surface area is 199 Å². The number of nitrogens with zero attached hydrogens (tertiary/aromatic N) is 1. The Bertz CT molecular complexity index is 1090. The molecule has 0 saturated carbocycles. The number of halogens is 1. The van der Waals surface area contributed by atoms with E-state index >= 15 is 0 Å². The van der Waals surface area contributed by atoms with Crippen LogP contribution in [0, 0.1) is 5.82 Å². The molecule has 1 amide bonds. The molecule has 0 atom stereocenters. The molecule has 7 heteroatoms. The van der Waals surface area contributed by atoms with Gasteiger partial charge in [-0.1, -0.05) is 18.2 Å². The predicted octanol–water partition coefficient (Wildman–Crippen LogP) is 6.16. The molecule has 0 saturated heterocycles. The molecular formula is C27H30FNO5. The summed E-state index contributed by atoms with van der Waals surface area (Å²) in [4.78, 5) is 25.6. The number of rotatable bonds is 12. The van der Waals surface area contributed by atoms with Gasteiger partial charge in [0.2, 0.25) is 0 Å². The van der Waals surface area contributed by atoms with Gasteiger partial charge in [-0.15, -0.1) is 0 Å². The number of benzene rings is 2. The van der Waals surface area contributed by atoms with E-state index in [0.29, 0.717) is 36.6 Å². The Morgan fingerprint density at radius 1 is 1.06 bits per heavy atom. The third kappa shape index (κ3) is 6.70. The smallest absolute Gasteiger partial charge is 0.303 e. The first-order valence-electron chi connectivity index (χ1n) is 11.4. The van der Waals surface area contributed by atoms with E-state index in [1.807, 2.05) is 38.1 Å². The number of unbranched alkanes of at least 4 members (excludes halogenated alkanes) is 2. The van der Waals surface area contributed by atoms with Gasteiger partial charge >= 0.3 is 5.97 Å². The van der Waals surface area contributed by atoms with Crippen molar-refractivity contribution in [3.05, 3.63) is 77.8 Å². The van der Waals surface area contributed by atoms with Gasteiger partial charge in [-0.05, 0) is 69.5 Å². The Kier molecular flexibility index (Phi) is 8.85. The number of carbonyl (C=O) groups is 2. The molecule has 34 heavy (non-hydrogen) atoms. The number of hydrogen-bond donors (Lipinski definition) is 1. The normalized spacial score (nSPS) is 10.9. The summed E-state index contributed by atoms with van der Waals surface area (Å²) in [7, 11) is 0. The average molecular weight is 468 g/mol. The van der Waals surface area contributed by atoms with Gasteiger partial charge in [0.15, 0.2) is 0 Å². The highest BCUT2D eigenvalue weighted by Gasteiger charge is 2.22. The van der Waals surface area contributed by atoms with E-state index in [1.54, 1.807) is 29.2 Å². The first kappa shape index (κ1) is 25.0. The summed E-state index contributed by atoms with van der Waals surface area (Å²) >= 11 is 0. The molecule has 180 valence electrons. The van der Waals surface area contributed by atoms with Crippen molar-refractivity contribution in [2.45, 2.75) is 52.1 Å². The highest BCUT2D eigenvalue weighted by Crippen LogP contribution is 2.26. The van der Waals surface area contributed by atoms with Crippen molar-refractivity contribution in [3.63, 3.8) is 0 Å². The minimum Gasteiger partial charge on any atom is -0.493 e. The van der Waals surface area contributed by atoms with Gasteiger partial charge in [0, 0.05) is 30.1 Å². The topological polar surface area (TPSA) is 80.0 Å². The average Bonchev–Trinajstić information content (AvgIpc) is 3.34. The summed E-state index contributed by atoms with van der Waals surface area (Å²) in [6, 6.07) is 15.2. The van der Waals surface area contributed by atoms with Crippen molar-refractivity contribution in [1.29, 1.82) is 0 Å². The third-order valence-corrected chi connectivity index (χ3v) is 5.49. The molecule has 0 radical (unpaired) electrons. The van der Waals surface area contributed by atoms with E-state index in [0.717, 1.165) is 18.4 Å². The molecule has 1 N–H and O–H groups in total. The lowest BCUT2D eigenvalue weighted by atomic mass is 10.1. The molecule has 3 rings (SSSR count). The molecule has 2 aromatic carbocycles. The minimum atomic E-state index is -0.791. The fourth-order valence-electron chi connectivity index (χ4n) is 3.63. The second-order valence-corrected chi connectivity index (χ2v) is 8.36. The number of amides is 1. The molecule has 0 bridgehead atoms. The number of carboxylic acids is 1. The van der Waals surface area contributed by atoms with Crippen LogP contribution in [0.1, 0.15) is 55.5 Å². The molecule has 0 aliphatic rings. The molecule has 6 nitrogen and oxygen atoms in total. The number of para-hydroxylation sites is 1. The summed E-state index contributed by atoms with van der Waals surface area (Å²) in [6.07, 6.45) is 3.76. The molecule has 1 heterocycles. The SMILES string of the molecule is CC(C)N(Cc1ccccc1OCCCCCC(=O)O)C(=O)c1ccc(-c2ccco2)c(F)c1. The van der Waals surface area contributed by atoms with Gasteiger partial charge in [-0.25, -0.2) is 4.39 Å². The van der Waals surface area contributed by atoms with E-state index in [1.165, 1.54) is 12.3 Å². The van der Waals surface area contributed by atoms with Crippen molar-refractivity contribution < 1.29 is 28.2 Å². The first-order chi connectivity index (χ1) is 16.4. The molecule has 1 aromatic heterocycles. The summed E-state index contributed by atoms with van der Waals surface area (Å²) in [6.45, 7) is 4.60. The number of aliphatic carboxylic acids is 1. The molecular weight excluding hydrogens is 437 g/mol. The van der Waals surface area contributed by atoms with Crippen molar-refractivity contribution in [1.82, 2.24) is 4.90 Å². The molecule has 0 aliphatic carbocycles. The first-order valence-corrected chi connectivity index (χ1v) is 11.4. The lowest BCUT2D eigenvalue weighted by Crippen LogP contribution is -2.36. The van der Waals surface area contributed by atoms with Gasteiger partial charge in [0.25, 0.3) is 5.91 Å². The second kappa shape index (κ2) is 12.0. The van der Waals surface area contributed by atoms with Gasteiger partial charge in [-0.3, -0.25) is 9.59 Å². The van der Waals surface area contributed by atoms with Gasteiger partial charge in [0.05, 0.1) is 18.4 Å². The van der Waals surface area contributed by atoms with Crippen LogP contribution >= 0.6 is 0 Å². The van der Waals surface area contributed by atoms with Crippen LogP contribution in [-0.2, 0) is 11.3 Å². The quantitative estimate of drug-likeness (QED) is 0.323. The van der Waals surface area contributed by atoms with Crippen LogP contribution in [0.15, 0.2) is 65.3 Å². The lowest BCUT2D eigenvalue weighted by molar-refractivity contribution is -0.137. The molecule has 0 spiro atoms. The molecule has 3 aromatic rings. The van der Waals surface area contributed by atoms with E-state index < -0.39 is 11.8 Å². The monoisotopic (exact) mass is 467 g/mol. The van der Waals surface area contributed by atoms with E-state index in [9.17, 15) is 14.0 Å². The Morgan fingerprint density at radius 2 is 1.85 bits per heavy atom. The fraction of sp³-hybridized carbons (Fsp3) is 0.333. The summed E-state index contributed by atoms with van der Waals surface area (Å²) in [5, 5.41) is 8.72. The van der Waals surface area contributed by atoms with Crippen LogP contribution in [0.5, 0.6) is 5.75 Å². The standard InChI is InChI=1S/C27H30FNO5/c1-19(2)29(27(32)20-13-14-22(23(28)17-20)25-11-8-16-34-25)18-21-9-5-6-10-24(21)33-15-7-3-4-12-26(30)31/h5-6,8-11,13-14,16-17,19H,3-4,7,12,15,18H2,1-2H3,(H,30,31). The number of furan rings is 1. The van der Waals surface area contributed by atoms with E-state index in [2.05, 4.69) is 0 Å². The van der Waals surface area contributed by atoms with E-state index in [4.69, 9.17) is 14.3 Å². The fourth-order valence-corrected chi connectivity index (χ4v) is 3.63. The number of carboxylic acid groups (broad SMARTS) is 1. The zero-order chi connectivity index (χ0) is 24.5.